The van der Waals surface area contributed by atoms with E-state index in [1.165, 1.54) is 6.92 Å². The predicted octanol–water partition coefficient (Wildman–Crippen LogP) is 7.37. The Balaban J connectivity index is 1.42. The first-order chi connectivity index (χ1) is 20.8. The lowest BCUT2D eigenvalue weighted by atomic mass is 9.77. The zero-order valence-corrected chi connectivity index (χ0v) is 23.8. The Morgan fingerprint density at radius 2 is 1.67 bits per heavy atom. The van der Waals surface area contributed by atoms with Gasteiger partial charge in [-0.2, -0.15) is 0 Å². The van der Waals surface area contributed by atoms with Crippen LogP contribution in [0.5, 0.6) is 11.5 Å². The van der Waals surface area contributed by atoms with Gasteiger partial charge in [-0.1, -0.05) is 25.1 Å². The molecule has 43 heavy (non-hydrogen) atoms. The van der Waals surface area contributed by atoms with E-state index >= 15 is 0 Å². The van der Waals surface area contributed by atoms with E-state index in [9.17, 15) is 18.0 Å². The van der Waals surface area contributed by atoms with Gasteiger partial charge in [-0.15, -0.1) is 0 Å². The van der Waals surface area contributed by atoms with Gasteiger partial charge in [-0.3, -0.25) is 0 Å². The van der Waals surface area contributed by atoms with Crippen LogP contribution in [0.1, 0.15) is 46.0 Å². The highest BCUT2D eigenvalue weighted by Gasteiger charge is 2.53. The zero-order chi connectivity index (χ0) is 29.9. The standard InChI is InChI=1S/C34H29F3N2O4/c1-3-12-39(28-19-27(35)32(37)31(36)20(28)2)22-9-11-29-26(17-22)34(24-7-5-4-6-23(24)33(40)43-34)25-10-8-21(18-30(25)42-29)38-13-15-41-16-14-38/h4-11,17-19H,3,12-16H2,1-2H3. The Labute approximate surface area is 247 Å². The highest BCUT2D eigenvalue weighted by Crippen LogP contribution is 2.57. The lowest BCUT2D eigenvalue weighted by Gasteiger charge is -2.38. The summed E-state index contributed by atoms with van der Waals surface area (Å²) >= 11 is 0. The van der Waals surface area contributed by atoms with E-state index in [0.717, 1.165) is 24.8 Å². The Morgan fingerprint density at radius 1 is 0.884 bits per heavy atom. The molecule has 0 saturated carbocycles. The summed E-state index contributed by atoms with van der Waals surface area (Å²) in [5.41, 5.74) is 2.83. The summed E-state index contributed by atoms with van der Waals surface area (Å²) in [6.07, 6.45) is 0.643. The van der Waals surface area contributed by atoms with Gasteiger partial charge in [-0.05, 0) is 49.7 Å². The maximum Gasteiger partial charge on any atom is 0.340 e. The molecule has 1 saturated heterocycles. The van der Waals surface area contributed by atoms with E-state index in [1.807, 2.05) is 43.3 Å². The zero-order valence-electron chi connectivity index (χ0n) is 23.8. The summed E-state index contributed by atoms with van der Waals surface area (Å²) in [4.78, 5) is 17.3. The van der Waals surface area contributed by atoms with E-state index in [4.69, 9.17) is 14.2 Å². The van der Waals surface area contributed by atoms with Gasteiger partial charge in [0, 0.05) is 65.4 Å². The van der Waals surface area contributed by atoms with E-state index in [0.29, 0.717) is 65.6 Å². The summed E-state index contributed by atoms with van der Waals surface area (Å²) in [5.74, 6) is -3.39. The molecule has 0 radical (unpaired) electrons. The number of rotatable bonds is 5. The number of morpholine rings is 1. The van der Waals surface area contributed by atoms with Crippen LogP contribution in [0, 0.1) is 24.4 Å². The summed E-state index contributed by atoms with van der Waals surface area (Å²) in [6, 6.07) is 19.6. The van der Waals surface area contributed by atoms with Gasteiger partial charge in [0.05, 0.1) is 24.5 Å². The van der Waals surface area contributed by atoms with Crippen molar-refractivity contribution in [2.24, 2.45) is 0 Å². The first-order valence-electron chi connectivity index (χ1n) is 14.4. The topological polar surface area (TPSA) is 51.2 Å². The minimum atomic E-state index is -1.50. The van der Waals surface area contributed by atoms with Crippen LogP contribution in [0.2, 0.25) is 0 Å². The first kappa shape index (κ1) is 27.3. The molecule has 9 heteroatoms. The molecule has 0 bridgehead atoms. The highest BCUT2D eigenvalue weighted by atomic mass is 19.2. The third kappa shape index (κ3) is 4.17. The third-order valence-corrected chi connectivity index (χ3v) is 8.48. The number of carbonyl (C=O) groups is 1. The fourth-order valence-electron chi connectivity index (χ4n) is 6.40. The molecule has 7 rings (SSSR count). The average molecular weight is 587 g/mol. The number of nitrogens with zero attached hydrogens (tertiary/aromatic N) is 2. The van der Waals surface area contributed by atoms with E-state index in [1.54, 1.807) is 29.2 Å². The molecule has 0 aromatic heterocycles. The maximum absolute atomic E-state index is 14.7. The van der Waals surface area contributed by atoms with Crippen LogP contribution < -0.4 is 14.5 Å². The smallest absolute Gasteiger partial charge is 0.340 e. The van der Waals surface area contributed by atoms with Gasteiger partial charge in [-0.25, -0.2) is 18.0 Å². The largest absolute Gasteiger partial charge is 0.456 e. The van der Waals surface area contributed by atoms with Crippen LogP contribution in [0.4, 0.5) is 30.2 Å². The molecular weight excluding hydrogens is 557 g/mol. The summed E-state index contributed by atoms with van der Waals surface area (Å²) in [5, 5.41) is 0. The van der Waals surface area contributed by atoms with Crippen LogP contribution in [0.3, 0.4) is 0 Å². The van der Waals surface area contributed by atoms with Gasteiger partial charge in [0.25, 0.3) is 0 Å². The summed E-state index contributed by atoms with van der Waals surface area (Å²) in [6.45, 7) is 6.53. The van der Waals surface area contributed by atoms with Gasteiger partial charge in [0.1, 0.15) is 11.5 Å². The minimum Gasteiger partial charge on any atom is -0.456 e. The highest BCUT2D eigenvalue weighted by molar-refractivity contribution is 5.97. The van der Waals surface area contributed by atoms with Crippen LogP contribution in [-0.2, 0) is 15.1 Å². The summed E-state index contributed by atoms with van der Waals surface area (Å²) < 4.78 is 61.6. The second-order valence-corrected chi connectivity index (χ2v) is 11.0. The number of halogens is 3. The number of carbonyl (C=O) groups excluding carboxylic acids is 1. The van der Waals surface area contributed by atoms with Crippen LogP contribution >= 0.6 is 0 Å². The number of hydrogen-bond acceptors (Lipinski definition) is 6. The lowest BCUT2D eigenvalue weighted by molar-refractivity contribution is 0.0224. The fraction of sp³-hybridized carbons (Fsp3) is 0.265. The molecule has 220 valence electrons. The molecule has 1 spiro atoms. The molecule has 4 aromatic carbocycles. The molecule has 3 aliphatic rings. The van der Waals surface area contributed by atoms with E-state index in [-0.39, 0.29) is 11.3 Å². The fourth-order valence-corrected chi connectivity index (χ4v) is 6.40. The molecule has 0 aliphatic carbocycles. The van der Waals surface area contributed by atoms with Gasteiger partial charge in [0.15, 0.2) is 23.1 Å². The number of esters is 1. The summed E-state index contributed by atoms with van der Waals surface area (Å²) in [7, 11) is 0. The number of benzene rings is 4. The van der Waals surface area contributed by atoms with Crippen molar-refractivity contribution in [3.8, 4) is 11.5 Å². The Hall–Kier alpha value is -4.50. The minimum absolute atomic E-state index is 0.00494. The normalized spacial score (nSPS) is 18.5. The van der Waals surface area contributed by atoms with Crippen LogP contribution in [0.15, 0.2) is 66.7 Å². The molecule has 3 aliphatic heterocycles. The monoisotopic (exact) mass is 586 g/mol. The SMILES string of the molecule is CCCN(c1ccc2c(c1)C1(OC(=O)c3ccccc31)c1ccc(N3CCOCC3)cc1O2)c1cc(F)c(F)c(F)c1C. The number of ether oxygens (including phenoxy) is 3. The number of hydrogen-bond donors (Lipinski definition) is 0. The molecule has 1 fully saturated rings. The van der Waals surface area contributed by atoms with Crippen LogP contribution in [-0.4, -0.2) is 38.8 Å². The van der Waals surface area contributed by atoms with Crippen molar-refractivity contribution in [2.75, 3.05) is 42.6 Å². The molecule has 0 N–H and O–H groups in total. The molecule has 4 aromatic rings. The van der Waals surface area contributed by atoms with Crippen molar-refractivity contribution in [2.45, 2.75) is 25.9 Å². The van der Waals surface area contributed by atoms with Crippen molar-refractivity contribution in [3.05, 3.63) is 112 Å². The average Bonchev–Trinajstić information content (AvgIpc) is 3.33. The van der Waals surface area contributed by atoms with Crippen molar-refractivity contribution in [1.82, 2.24) is 0 Å². The van der Waals surface area contributed by atoms with E-state index in [2.05, 4.69) is 4.90 Å². The van der Waals surface area contributed by atoms with Crippen molar-refractivity contribution >= 4 is 23.0 Å². The Bertz CT molecular complexity index is 1770. The maximum atomic E-state index is 14.7. The molecule has 1 unspecified atom stereocenters. The second-order valence-electron chi connectivity index (χ2n) is 11.0. The molecule has 0 amide bonds. The van der Waals surface area contributed by atoms with Crippen molar-refractivity contribution in [3.63, 3.8) is 0 Å². The Kier molecular flexibility index (Phi) is 6.58. The molecule has 6 nitrogen and oxygen atoms in total. The number of anilines is 3. The van der Waals surface area contributed by atoms with Crippen molar-refractivity contribution < 1.29 is 32.2 Å². The Morgan fingerprint density at radius 3 is 2.47 bits per heavy atom. The predicted molar refractivity (Wildman–Crippen MR) is 156 cm³/mol. The van der Waals surface area contributed by atoms with Crippen molar-refractivity contribution in [1.29, 1.82) is 0 Å². The van der Waals surface area contributed by atoms with E-state index < -0.39 is 29.0 Å². The van der Waals surface area contributed by atoms with Gasteiger partial charge in [0.2, 0.25) is 0 Å². The van der Waals surface area contributed by atoms with Gasteiger partial charge >= 0.3 is 5.97 Å². The van der Waals surface area contributed by atoms with Crippen LogP contribution in [0.25, 0.3) is 0 Å². The van der Waals surface area contributed by atoms with Gasteiger partial charge < -0.3 is 24.0 Å². The third-order valence-electron chi connectivity index (χ3n) is 8.48. The number of fused-ring (bicyclic) bond motifs is 6. The first-order valence-corrected chi connectivity index (χ1v) is 14.4. The lowest BCUT2D eigenvalue weighted by Crippen LogP contribution is -2.37. The molecule has 1 atom stereocenters. The second kappa shape index (κ2) is 10.3. The molecule has 3 heterocycles. The molecular formula is C34H29F3N2O4. The quantitative estimate of drug-likeness (QED) is 0.180.